The summed E-state index contributed by atoms with van der Waals surface area (Å²) >= 11 is 0. The van der Waals surface area contributed by atoms with Crippen molar-refractivity contribution < 1.29 is 14.0 Å². The third kappa shape index (κ3) is 5.56. The number of carbonyl (C=O) groups is 2. The lowest BCUT2D eigenvalue weighted by molar-refractivity contribution is -0.130. The van der Waals surface area contributed by atoms with Crippen molar-refractivity contribution >= 4 is 22.7 Å². The van der Waals surface area contributed by atoms with E-state index in [0.29, 0.717) is 44.0 Å². The van der Waals surface area contributed by atoms with E-state index in [1.54, 1.807) is 12.1 Å². The molecule has 172 valence electrons. The Morgan fingerprint density at radius 3 is 2.67 bits per heavy atom. The van der Waals surface area contributed by atoms with Gasteiger partial charge in [0.1, 0.15) is 5.82 Å². The molecule has 2 aromatic carbocycles. The Morgan fingerprint density at radius 1 is 1.15 bits per heavy atom. The number of likely N-dealkylation sites (tertiary alicyclic amines) is 1. The number of pyridine rings is 1. The predicted octanol–water partition coefficient (Wildman–Crippen LogP) is 4.71. The number of hydrogen-bond donors (Lipinski definition) is 1. The molecule has 0 aliphatic carbocycles. The van der Waals surface area contributed by atoms with Crippen LogP contribution >= 0.6 is 0 Å². The first-order chi connectivity index (χ1) is 15.9. The Labute approximate surface area is 194 Å². The molecule has 3 aromatic rings. The number of nitrogens with one attached hydrogen (secondary N) is 1. The van der Waals surface area contributed by atoms with Crippen LogP contribution in [0.1, 0.15) is 54.2 Å². The molecule has 33 heavy (non-hydrogen) atoms. The smallest absolute Gasteiger partial charge is 0.252 e. The maximum Gasteiger partial charge on any atom is 0.252 e. The lowest BCUT2D eigenvalue weighted by Gasteiger charge is -2.17. The molecule has 1 aliphatic rings. The summed E-state index contributed by atoms with van der Waals surface area (Å²) in [4.78, 5) is 32.4. The van der Waals surface area contributed by atoms with Crippen molar-refractivity contribution in [1.82, 2.24) is 15.2 Å². The van der Waals surface area contributed by atoms with Gasteiger partial charge in [-0.2, -0.15) is 0 Å². The monoisotopic (exact) mass is 447 g/mol. The molecule has 0 unspecified atom stereocenters. The first kappa shape index (κ1) is 22.9. The van der Waals surface area contributed by atoms with Gasteiger partial charge in [-0.1, -0.05) is 44.2 Å². The van der Waals surface area contributed by atoms with Gasteiger partial charge in [0.15, 0.2) is 0 Å². The van der Waals surface area contributed by atoms with E-state index in [1.807, 2.05) is 35.2 Å². The van der Waals surface area contributed by atoms with Crippen LogP contribution in [0.25, 0.3) is 10.9 Å². The van der Waals surface area contributed by atoms with Gasteiger partial charge in [0, 0.05) is 43.1 Å². The van der Waals surface area contributed by atoms with E-state index in [-0.39, 0.29) is 23.5 Å². The molecule has 1 aromatic heterocycles. The molecular formula is C27H30FN3O2. The minimum Gasteiger partial charge on any atom is -0.352 e. The Kier molecular flexibility index (Phi) is 7.02. The van der Waals surface area contributed by atoms with E-state index in [4.69, 9.17) is 4.98 Å². The SMILES string of the molecule is CC(C)CNC(=O)c1cc([C@@H]2CCN(C(=O)CCc3ccc(F)cc3)C2)nc2ccccc12. The largest absolute Gasteiger partial charge is 0.352 e. The highest BCUT2D eigenvalue weighted by Gasteiger charge is 2.29. The van der Waals surface area contributed by atoms with E-state index in [2.05, 4.69) is 19.2 Å². The molecule has 4 rings (SSSR count). The minimum absolute atomic E-state index is 0.0891. The fraction of sp³-hybridized carbons (Fsp3) is 0.370. The number of aromatic nitrogens is 1. The summed E-state index contributed by atoms with van der Waals surface area (Å²) in [5.74, 6) is 0.200. The maximum absolute atomic E-state index is 13.1. The Morgan fingerprint density at radius 2 is 1.91 bits per heavy atom. The van der Waals surface area contributed by atoms with E-state index in [1.165, 1.54) is 12.1 Å². The third-order valence-corrected chi connectivity index (χ3v) is 6.15. The van der Waals surface area contributed by atoms with Crippen molar-refractivity contribution in [2.24, 2.45) is 5.92 Å². The second-order valence-corrected chi connectivity index (χ2v) is 9.17. The van der Waals surface area contributed by atoms with Gasteiger partial charge in [0.25, 0.3) is 5.91 Å². The van der Waals surface area contributed by atoms with Gasteiger partial charge in [0.05, 0.1) is 11.1 Å². The average molecular weight is 448 g/mol. The van der Waals surface area contributed by atoms with Crippen molar-refractivity contribution in [3.8, 4) is 0 Å². The average Bonchev–Trinajstić information content (AvgIpc) is 3.32. The lowest BCUT2D eigenvalue weighted by atomic mass is 9.99. The predicted molar refractivity (Wildman–Crippen MR) is 128 cm³/mol. The van der Waals surface area contributed by atoms with Gasteiger partial charge in [-0.25, -0.2) is 4.39 Å². The van der Waals surface area contributed by atoms with E-state index >= 15 is 0 Å². The first-order valence-electron chi connectivity index (χ1n) is 11.6. The molecule has 0 spiro atoms. The quantitative estimate of drug-likeness (QED) is 0.571. The van der Waals surface area contributed by atoms with E-state index < -0.39 is 0 Å². The van der Waals surface area contributed by atoms with E-state index in [9.17, 15) is 14.0 Å². The normalized spacial score (nSPS) is 15.9. The van der Waals surface area contributed by atoms with Gasteiger partial charge in [-0.3, -0.25) is 14.6 Å². The van der Waals surface area contributed by atoms with Crippen LogP contribution < -0.4 is 5.32 Å². The van der Waals surface area contributed by atoms with E-state index in [0.717, 1.165) is 28.6 Å². The van der Waals surface area contributed by atoms with Crippen molar-refractivity contribution in [2.75, 3.05) is 19.6 Å². The number of aryl methyl sites for hydroxylation is 1. The van der Waals surface area contributed by atoms with Crippen molar-refractivity contribution in [3.63, 3.8) is 0 Å². The number of carbonyl (C=O) groups excluding carboxylic acids is 2. The minimum atomic E-state index is -0.271. The van der Waals surface area contributed by atoms with Gasteiger partial charge in [-0.05, 0) is 48.6 Å². The summed E-state index contributed by atoms with van der Waals surface area (Å²) < 4.78 is 13.1. The van der Waals surface area contributed by atoms with Crippen LogP contribution in [0, 0.1) is 11.7 Å². The molecule has 2 heterocycles. The summed E-state index contributed by atoms with van der Waals surface area (Å²) in [6, 6.07) is 15.9. The molecule has 0 saturated carbocycles. The molecule has 0 bridgehead atoms. The van der Waals surface area contributed by atoms with Crippen molar-refractivity contribution in [3.05, 3.63) is 77.2 Å². The molecule has 1 saturated heterocycles. The summed E-state index contributed by atoms with van der Waals surface area (Å²) in [5, 5.41) is 3.86. The molecule has 1 fully saturated rings. The molecule has 6 heteroatoms. The Bertz CT molecular complexity index is 1140. The number of halogens is 1. The van der Waals surface area contributed by atoms with Crippen LogP contribution in [0.5, 0.6) is 0 Å². The van der Waals surface area contributed by atoms with Gasteiger partial charge in [-0.15, -0.1) is 0 Å². The number of para-hydroxylation sites is 1. The standard InChI is InChI=1S/C27H30FN3O2/c1-18(2)16-29-27(33)23-15-25(30-24-6-4-3-5-22(23)24)20-13-14-31(17-20)26(32)12-9-19-7-10-21(28)11-8-19/h3-8,10-11,15,18,20H,9,12-14,16-17H2,1-2H3,(H,29,33)/t20-/m1/s1. The highest BCUT2D eigenvalue weighted by Crippen LogP contribution is 2.30. The zero-order chi connectivity index (χ0) is 23.4. The lowest BCUT2D eigenvalue weighted by Crippen LogP contribution is -2.29. The molecular weight excluding hydrogens is 417 g/mol. The number of nitrogens with zero attached hydrogens (tertiary/aromatic N) is 2. The number of fused-ring (bicyclic) bond motifs is 1. The molecule has 1 N–H and O–H groups in total. The summed E-state index contributed by atoms with van der Waals surface area (Å²) in [5.41, 5.74) is 3.24. The van der Waals surface area contributed by atoms with Crippen LogP contribution in [-0.4, -0.2) is 41.3 Å². The van der Waals surface area contributed by atoms with Crippen LogP contribution in [0.4, 0.5) is 4.39 Å². The highest BCUT2D eigenvalue weighted by molar-refractivity contribution is 6.06. The number of amides is 2. The van der Waals surface area contributed by atoms with Crippen LogP contribution in [0.2, 0.25) is 0 Å². The van der Waals surface area contributed by atoms with Crippen LogP contribution in [-0.2, 0) is 11.2 Å². The fourth-order valence-corrected chi connectivity index (χ4v) is 4.27. The summed E-state index contributed by atoms with van der Waals surface area (Å²) in [6.07, 6.45) is 1.81. The number of rotatable bonds is 7. The third-order valence-electron chi connectivity index (χ3n) is 6.15. The van der Waals surface area contributed by atoms with Gasteiger partial charge >= 0.3 is 0 Å². The van der Waals surface area contributed by atoms with Crippen molar-refractivity contribution in [1.29, 1.82) is 0 Å². The molecule has 5 nitrogen and oxygen atoms in total. The zero-order valence-electron chi connectivity index (χ0n) is 19.2. The number of benzene rings is 2. The molecule has 0 radical (unpaired) electrons. The summed E-state index contributed by atoms with van der Waals surface area (Å²) in [6.45, 7) is 6.02. The second kappa shape index (κ2) is 10.1. The Hall–Kier alpha value is -3.28. The summed E-state index contributed by atoms with van der Waals surface area (Å²) in [7, 11) is 0. The van der Waals surface area contributed by atoms with Crippen LogP contribution in [0.3, 0.4) is 0 Å². The molecule has 2 amide bonds. The van der Waals surface area contributed by atoms with Gasteiger partial charge in [0.2, 0.25) is 5.91 Å². The Balaban J connectivity index is 1.47. The molecule has 1 aliphatic heterocycles. The van der Waals surface area contributed by atoms with Crippen LogP contribution in [0.15, 0.2) is 54.6 Å². The fourth-order valence-electron chi connectivity index (χ4n) is 4.27. The highest BCUT2D eigenvalue weighted by atomic mass is 19.1. The maximum atomic E-state index is 13.1. The topological polar surface area (TPSA) is 62.3 Å². The first-order valence-corrected chi connectivity index (χ1v) is 11.6. The second-order valence-electron chi connectivity index (χ2n) is 9.17. The molecule has 1 atom stereocenters. The number of hydrogen-bond acceptors (Lipinski definition) is 3. The zero-order valence-corrected chi connectivity index (χ0v) is 19.2. The van der Waals surface area contributed by atoms with Gasteiger partial charge < -0.3 is 10.2 Å². The van der Waals surface area contributed by atoms with Crippen molar-refractivity contribution in [2.45, 2.75) is 39.0 Å².